The molecule has 0 radical (unpaired) electrons. The lowest BCUT2D eigenvalue weighted by atomic mass is 9.65. The summed E-state index contributed by atoms with van der Waals surface area (Å²) in [6.07, 6.45) is 7.27. The minimum absolute atomic E-state index is 0.00418. The van der Waals surface area contributed by atoms with Gasteiger partial charge in [0, 0.05) is 23.7 Å². The quantitative estimate of drug-likeness (QED) is 0.754. The third kappa shape index (κ3) is 3.74. The van der Waals surface area contributed by atoms with Crippen LogP contribution in [-0.2, 0) is 4.79 Å². The summed E-state index contributed by atoms with van der Waals surface area (Å²) < 4.78 is 0. The van der Waals surface area contributed by atoms with Crippen LogP contribution in [0.25, 0.3) is 0 Å². The molecule has 1 aromatic rings. The van der Waals surface area contributed by atoms with Crippen LogP contribution >= 0.6 is 11.6 Å². The van der Waals surface area contributed by atoms with Gasteiger partial charge >= 0.3 is 0 Å². The number of carbonyl (C=O) groups is 2. The number of carbonyl (C=O) groups excluding carboxylic acids is 2. The van der Waals surface area contributed by atoms with Crippen LogP contribution in [0.4, 0.5) is 5.69 Å². The van der Waals surface area contributed by atoms with Crippen molar-refractivity contribution < 1.29 is 9.59 Å². The number of nitrogens with two attached hydrogens (primary N) is 1. The van der Waals surface area contributed by atoms with Gasteiger partial charge in [-0.05, 0) is 68.6 Å². The molecule has 2 bridgehead atoms. The Morgan fingerprint density at radius 2 is 1.77 bits per heavy atom. The number of anilines is 1. The average Bonchev–Trinajstić information content (AvgIpc) is 3.40. The molecule has 2 atom stereocenters. The highest BCUT2D eigenvalue weighted by Crippen LogP contribution is 2.42. The van der Waals surface area contributed by atoms with Gasteiger partial charge in [0.15, 0.2) is 0 Å². The molecule has 26 heavy (non-hydrogen) atoms. The highest BCUT2D eigenvalue weighted by atomic mass is 35.5. The SMILES string of the molecule is NC1C2CCCC1CC(C(=O)Nc1ccc(Cl)c(C(=O)NC3CC3)c1)C2. The molecular weight excluding hydrogens is 350 g/mol. The normalized spacial score (nSPS) is 30.5. The van der Waals surface area contributed by atoms with Crippen molar-refractivity contribution in [2.75, 3.05) is 5.32 Å². The van der Waals surface area contributed by atoms with Gasteiger partial charge in [-0.3, -0.25) is 9.59 Å². The lowest BCUT2D eigenvalue weighted by molar-refractivity contribution is -0.122. The number of nitrogens with one attached hydrogen (secondary N) is 2. The highest BCUT2D eigenvalue weighted by molar-refractivity contribution is 6.34. The van der Waals surface area contributed by atoms with Crippen molar-refractivity contribution in [1.29, 1.82) is 0 Å². The van der Waals surface area contributed by atoms with Gasteiger partial charge in [-0.1, -0.05) is 18.0 Å². The first-order valence-corrected chi connectivity index (χ1v) is 10.1. The zero-order valence-electron chi connectivity index (χ0n) is 14.8. The molecule has 5 nitrogen and oxygen atoms in total. The Kier molecular flexibility index (Phi) is 4.93. The van der Waals surface area contributed by atoms with Crippen molar-refractivity contribution in [3.8, 4) is 0 Å². The Balaban J connectivity index is 1.43. The minimum Gasteiger partial charge on any atom is -0.349 e. The molecule has 2 unspecified atom stereocenters. The van der Waals surface area contributed by atoms with Crippen LogP contribution in [0, 0.1) is 17.8 Å². The van der Waals surface area contributed by atoms with Crippen molar-refractivity contribution in [2.45, 2.75) is 57.0 Å². The van der Waals surface area contributed by atoms with E-state index in [-0.39, 0.29) is 29.8 Å². The fraction of sp³-hybridized carbons (Fsp3) is 0.600. The van der Waals surface area contributed by atoms with Gasteiger partial charge in [-0.15, -0.1) is 0 Å². The number of hydrogen-bond acceptors (Lipinski definition) is 3. The molecule has 3 aliphatic carbocycles. The van der Waals surface area contributed by atoms with E-state index in [1.807, 2.05) is 0 Å². The van der Waals surface area contributed by atoms with Gasteiger partial charge in [0.05, 0.1) is 10.6 Å². The molecule has 3 aliphatic rings. The Bertz CT molecular complexity index is 705. The second-order valence-corrected chi connectivity index (χ2v) is 8.54. The van der Waals surface area contributed by atoms with Crippen LogP contribution < -0.4 is 16.4 Å². The number of halogens is 1. The van der Waals surface area contributed by atoms with Gasteiger partial charge in [0.1, 0.15) is 0 Å². The molecule has 0 aliphatic heterocycles. The van der Waals surface area contributed by atoms with E-state index in [0.717, 1.165) is 38.5 Å². The third-order valence-electron chi connectivity index (χ3n) is 6.17. The molecule has 4 N–H and O–H groups in total. The summed E-state index contributed by atoms with van der Waals surface area (Å²) in [5.41, 5.74) is 7.36. The molecule has 0 spiro atoms. The van der Waals surface area contributed by atoms with Crippen LogP contribution in [0.5, 0.6) is 0 Å². The minimum atomic E-state index is -0.174. The van der Waals surface area contributed by atoms with Crippen molar-refractivity contribution in [1.82, 2.24) is 5.32 Å². The fourth-order valence-corrected chi connectivity index (χ4v) is 4.72. The van der Waals surface area contributed by atoms with Gasteiger partial charge in [-0.2, -0.15) is 0 Å². The molecule has 6 heteroatoms. The summed E-state index contributed by atoms with van der Waals surface area (Å²) in [6, 6.07) is 5.62. The summed E-state index contributed by atoms with van der Waals surface area (Å²) in [5, 5.41) is 6.33. The summed E-state index contributed by atoms with van der Waals surface area (Å²) in [5.74, 6) is 0.785. The van der Waals surface area contributed by atoms with Crippen molar-refractivity contribution >= 4 is 29.1 Å². The second kappa shape index (κ2) is 7.20. The summed E-state index contributed by atoms with van der Waals surface area (Å²) in [6.45, 7) is 0. The van der Waals surface area contributed by atoms with E-state index < -0.39 is 0 Å². The van der Waals surface area contributed by atoms with Crippen molar-refractivity contribution in [2.24, 2.45) is 23.5 Å². The van der Waals surface area contributed by atoms with Crippen LogP contribution in [0.2, 0.25) is 5.02 Å². The van der Waals surface area contributed by atoms with E-state index in [9.17, 15) is 9.59 Å². The Morgan fingerprint density at radius 3 is 2.42 bits per heavy atom. The van der Waals surface area contributed by atoms with Crippen molar-refractivity contribution in [3.63, 3.8) is 0 Å². The molecule has 0 aromatic heterocycles. The zero-order chi connectivity index (χ0) is 18.3. The summed E-state index contributed by atoms with van der Waals surface area (Å²) >= 11 is 6.17. The monoisotopic (exact) mass is 375 g/mol. The van der Waals surface area contributed by atoms with Gasteiger partial charge in [-0.25, -0.2) is 0 Å². The molecule has 4 rings (SSSR count). The van der Waals surface area contributed by atoms with E-state index in [1.54, 1.807) is 18.2 Å². The van der Waals surface area contributed by atoms with Crippen molar-refractivity contribution in [3.05, 3.63) is 28.8 Å². The second-order valence-electron chi connectivity index (χ2n) is 8.13. The Hall–Kier alpha value is -1.59. The largest absolute Gasteiger partial charge is 0.349 e. The third-order valence-corrected chi connectivity index (χ3v) is 6.50. The molecule has 3 fully saturated rings. The topological polar surface area (TPSA) is 84.2 Å². The highest BCUT2D eigenvalue weighted by Gasteiger charge is 2.40. The number of hydrogen-bond donors (Lipinski definition) is 3. The molecule has 1 aromatic carbocycles. The molecule has 3 saturated carbocycles. The van der Waals surface area contributed by atoms with E-state index in [0.29, 0.717) is 28.1 Å². The number of fused-ring (bicyclic) bond motifs is 2. The maximum Gasteiger partial charge on any atom is 0.253 e. The number of benzene rings is 1. The standard InChI is InChI=1S/C20H26ClN3O2/c21-17-7-6-15(10-16(17)20(26)23-14-4-5-14)24-19(25)13-8-11-2-1-3-12(9-13)18(11)22/h6-7,10-14,18H,1-5,8-9,22H2,(H,23,26)(H,24,25). The predicted molar refractivity (Wildman–Crippen MR) is 102 cm³/mol. The van der Waals surface area contributed by atoms with Crippen LogP contribution in [-0.4, -0.2) is 23.9 Å². The first kappa shape index (κ1) is 17.8. The molecule has 2 amide bonds. The van der Waals surface area contributed by atoms with Gasteiger partial charge in [0.2, 0.25) is 5.91 Å². The Labute approximate surface area is 159 Å². The van der Waals surface area contributed by atoms with Gasteiger partial charge < -0.3 is 16.4 Å². The maximum atomic E-state index is 12.8. The molecule has 0 saturated heterocycles. The first-order chi connectivity index (χ1) is 12.5. The molecule has 140 valence electrons. The van der Waals surface area contributed by atoms with Crippen LogP contribution in [0.1, 0.15) is 55.3 Å². The Morgan fingerprint density at radius 1 is 1.08 bits per heavy atom. The average molecular weight is 376 g/mol. The smallest absolute Gasteiger partial charge is 0.253 e. The zero-order valence-corrected chi connectivity index (χ0v) is 15.6. The summed E-state index contributed by atoms with van der Waals surface area (Å²) in [4.78, 5) is 25.1. The van der Waals surface area contributed by atoms with Crippen LogP contribution in [0.15, 0.2) is 18.2 Å². The molecule has 0 heterocycles. The first-order valence-electron chi connectivity index (χ1n) is 9.68. The summed E-state index contributed by atoms with van der Waals surface area (Å²) in [7, 11) is 0. The van der Waals surface area contributed by atoms with Gasteiger partial charge in [0.25, 0.3) is 5.91 Å². The van der Waals surface area contributed by atoms with Crippen LogP contribution in [0.3, 0.4) is 0 Å². The maximum absolute atomic E-state index is 12.8. The lowest BCUT2D eigenvalue weighted by Crippen LogP contribution is -2.48. The van der Waals surface area contributed by atoms with E-state index >= 15 is 0 Å². The lowest BCUT2D eigenvalue weighted by Gasteiger charge is -2.43. The van der Waals surface area contributed by atoms with E-state index in [2.05, 4.69) is 10.6 Å². The number of rotatable bonds is 4. The van der Waals surface area contributed by atoms with E-state index in [4.69, 9.17) is 17.3 Å². The predicted octanol–water partition coefficient (Wildman–Crippen LogP) is 3.32. The van der Waals surface area contributed by atoms with E-state index in [1.165, 1.54) is 6.42 Å². The fourth-order valence-electron chi connectivity index (χ4n) is 4.52. The molecular formula is C20H26ClN3O2. The number of amides is 2.